The largest absolute Gasteiger partial charge is 0.465 e. The molecule has 1 aliphatic rings. The molecule has 0 aliphatic carbocycles. The van der Waals surface area contributed by atoms with Crippen LogP contribution in [0.2, 0.25) is 0 Å². The number of aromatic nitrogens is 4. The van der Waals surface area contributed by atoms with E-state index in [1.165, 1.54) is 9.47 Å². The fourth-order valence-corrected chi connectivity index (χ4v) is 5.83. The monoisotopic (exact) mass is 569 g/mol. The van der Waals surface area contributed by atoms with Gasteiger partial charge in [-0.3, -0.25) is 4.98 Å². The first-order chi connectivity index (χ1) is 19.9. The molecule has 1 saturated heterocycles. The first kappa shape index (κ1) is 28.7. The lowest BCUT2D eigenvalue weighted by molar-refractivity contribution is 0.128. The van der Waals surface area contributed by atoms with Gasteiger partial charge in [-0.05, 0) is 62.9 Å². The summed E-state index contributed by atoms with van der Waals surface area (Å²) in [4.78, 5) is 43.0. The van der Waals surface area contributed by atoms with Gasteiger partial charge < -0.3 is 14.9 Å². The molecule has 0 spiro atoms. The second-order valence-electron chi connectivity index (χ2n) is 11.2. The molecule has 0 bridgehead atoms. The molecule has 10 nitrogen and oxygen atoms in total. The highest BCUT2D eigenvalue weighted by Gasteiger charge is 2.35. The number of benzene rings is 1. The van der Waals surface area contributed by atoms with E-state index in [9.17, 15) is 20.0 Å². The normalized spacial score (nSPS) is 17.1. The van der Waals surface area contributed by atoms with Crippen molar-refractivity contribution in [1.82, 2.24) is 24.4 Å². The third-order valence-electron chi connectivity index (χ3n) is 7.77. The van der Waals surface area contributed by atoms with Crippen LogP contribution in [0.5, 0.6) is 0 Å². The fraction of sp³-hybridized carbons (Fsp3) is 0.355. The molecule has 1 N–H and O–H groups in total. The van der Waals surface area contributed by atoms with E-state index in [0.717, 1.165) is 5.56 Å². The molecule has 216 valence electrons. The second-order valence-corrected chi connectivity index (χ2v) is 11.2. The Morgan fingerprint density at radius 3 is 2.43 bits per heavy atom. The third-order valence-corrected chi connectivity index (χ3v) is 7.77. The molecule has 4 heterocycles. The first-order valence-electron chi connectivity index (χ1n) is 13.8. The maximum Gasteiger partial charge on any atom is 0.407 e. The summed E-state index contributed by atoms with van der Waals surface area (Å²) >= 11 is 0. The third kappa shape index (κ3) is 4.72. The summed E-state index contributed by atoms with van der Waals surface area (Å²) in [5.41, 5.74) is 2.35. The number of amides is 1. The Labute approximate surface area is 242 Å². The summed E-state index contributed by atoms with van der Waals surface area (Å²) in [5.74, 6) is -0.251. The number of hydrogen-bond acceptors (Lipinski definition) is 7. The lowest BCUT2D eigenvalue weighted by Gasteiger charge is -2.44. The van der Waals surface area contributed by atoms with Gasteiger partial charge >= 0.3 is 11.8 Å². The highest BCUT2D eigenvalue weighted by atomic mass is 19.1. The summed E-state index contributed by atoms with van der Waals surface area (Å²) in [6, 6.07) is 9.79. The topological polar surface area (TPSA) is 128 Å². The van der Waals surface area contributed by atoms with E-state index in [1.807, 2.05) is 39.5 Å². The number of hydrogen-bond donors (Lipinski definition) is 1. The molecule has 0 unspecified atom stereocenters. The van der Waals surface area contributed by atoms with Crippen LogP contribution in [0, 0.1) is 31.0 Å². The quantitative estimate of drug-likeness (QED) is 0.357. The number of piperazine rings is 1. The van der Waals surface area contributed by atoms with Crippen LogP contribution in [0.25, 0.3) is 28.0 Å². The van der Waals surface area contributed by atoms with Crippen molar-refractivity contribution in [3.05, 3.63) is 75.2 Å². The second kappa shape index (κ2) is 10.9. The van der Waals surface area contributed by atoms with Gasteiger partial charge in [0, 0.05) is 36.9 Å². The van der Waals surface area contributed by atoms with Crippen molar-refractivity contribution in [3.63, 3.8) is 0 Å². The highest BCUT2D eigenvalue weighted by molar-refractivity contribution is 5.92. The number of nitriles is 1. The van der Waals surface area contributed by atoms with Crippen molar-refractivity contribution in [1.29, 1.82) is 5.26 Å². The fourth-order valence-electron chi connectivity index (χ4n) is 5.83. The molecular weight excluding hydrogens is 537 g/mol. The Bertz CT molecular complexity index is 1820. The van der Waals surface area contributed by atoms with Crippen molar-refractivity contribution in [2.75, 3.05) is 18.0 Å². The summed E-state index contributed by atoms with van der Waals surface area (Å²) < 4.78 is 16.8. The van der Waals surface area contributed by atoms with Crippen molar-refractivity contribution in [2.45, 2.75) is 59.5 Å². The standard InChI is InChI=1S/C31H32FN7O3/c1-16(2)25-27(18(4)10-11-34-25)39-28-23(12-21(13-33)26(35-28)22-9-7-8-17(3)24(22)32)29(36-30(39)40)38-19(5)14-37(31(41)42)15-20(38)6/h7-12,16,19-20H,14-15H2,1-6H3,(H,41,42)/t19-,20+. The van der Waals surface area contributed by atoms with Gasteiger partial charge in [0.05, 0.1) is 28.0 Å². The van der Waals surface area contributed by atoms with Crippen molar-refractivity contribution in [3.8, 4) is 23.0 Å². The molecule has 1 amide bonds. The van der Waals surface area contributed by atoms with Crippen molar-refractivity contribution in [2.24, 2.45) is 0 Å². The molecule has 2 atom stereocenters. The molecule has 5 rings (SSSR count). The molecule has 42 heavy (non-hydrogen) atoms. The smallest absolute Gasteiger partial charge is 0.407 e. The molecule has 1 aromatic carbocycles. The Morgan fingerprint density at radius 1 is 1.12 bits per heavy atom. The van der Waals surface area contributed by atoms with Gasteiger partial charge in [-0.1, -0.05) is 26.0 Å². The van der Waals surface area contributed by atoms with E-state index in [-0.39, 0.29) is 53.6 Å². The van der Waals surface area contributed by atoms with Crippen LogP contribution in [0.15, 0.2) is 41.3 Å². The minimum absolute atomic E-state index is 0.0438. The van der Waals surface area contributed by atoms with Gasteiger partial charge in [0.2, 0.25) is 0 Å². The number of pyridine rings is 2. The van der Waals surface area contributed by atoms with Gasteiger partial charge in [-0.2, -0.15) is 10.2 Å². The maximum absolute atomic E-state index is 15.4. The number of carbonyl (C=O) groups is 1. The summed E-state index contributed by atoms with van der Waals surface area (Å²) in [6.07, 6.45) is 0.664. The lowest BCUT2D eigenvalue weighted by Crippen LogP contribution is -2.58. The lowest BCUT2D eigenvalue weighted by atomic mass is 10.0. The maximum atomic E-state index is 15.4. The molecule has 3 aromatic heterocycles. The zero-order valence-corrected chi connectivity index (χ0v) is 24.4. The number of carboxylic acid groups (broad SMARTS) is 1. The Balaban J connectivity index is 1.90. The van der Waals surface area contributed by atoms with Gasteiger partial charge in [0.15, 0.2) is 5.65 Å². The number of halogens is 1. The van der Waals surface area contributed by atoms with E-state index in [1.54, 1.807) is 43.5 Å². The summed E-state index contributed by atoms with van der Waals surface area (Å²) in [5, 5.41) is 20.2. The highest BCUT2D eigenvalue weighted by Crippen LogP contribution is 2.35. The number of nitrogens with zero attached hydrogens (tertiary/aromatic N) is 7. The summed E-state index contributed by atoms with van der Waals surface area (Å²) in [7, 11) is 0. The van der Waals surface area contributed by atoms with Gasteiger partial charge in [0.25, 0.3) is 0 Å². The Kier molecular flexibility index (Phi) is 7.41. The average molecular weight is 570 g/mol. The number of anilines is 1. The molecule has 1 aliphatic heterocycles. The van der Waals surface area contributed by atoms with Gasteiger partial charge in [0.1, 0.15) is 17.7 Å². The number of aryl methyl sites for hydroxylation is 2. The van der Waals surface area contributed by atoms with E-state index in [4.69, 9.17) is 4.98 Å². The zero-order chi connectivity index (χ0) is 30.5. The van der Waals surface area contributed by atoms with Crippen LogP contribution < -0.4 is 10.6 Å². The molecule has 4 aromatic rings. The molecule has 0 radical (unpaired) electrons. The van der Waals surface area contributed by atoms with Crippen molar-refractivity contribution >= 4 is 22.9 Å². The molecule has 11 heteroatoms. The van der Waals surface area contributed by atoms with E-state index in [0.29, 0.717) is 28.1 Å². The number of fused-ring (bicyclic) bond motifs is 1. The van der Waals surface area contributed by atoms with Gasteiger partial charge in [-0.15, -0.1) is 0 Å². The predicted octanol–water partition coefficient (Wildman–Crippen LogP) is 5.17. The number of rotatable bonds is 4. The van der Waals surface area contributed by atoms with Gasteiger partial charge in [-0.25, -0.2) is 23.5 Å². The predicted molar refractivity (Wildman–Crippen MR) is 158 cm³/mol. The molecule has 0 saturated carbocycles. The van der Waals surface area contributed by atoms with E-state index < -0.39 is 17.6 Å². The van der Waals surface area contributed by atoms with Crippen LogP contribution in [-0.2, 0) is 0 Å². The van der Waals surface area contributed by atoms with Crippen LogP contribution >= 0.6 is 0 Å². The first-order valence-corrected chi connectivity index (χ1v) is 13.8. The van der Waals surface area contributed by atoms with Crippen LogP contribution in [0.3, 0.4) is 0 Å². The Morgan fingerprint density at radius 2 is 1.81 bits per heavy atom. The SMILES string of the molecule is Cc1cccc(-c2nc3c(cc2C#N)c(N2[C@H](C)CN(C(=O)O)C[C@@H]2C)nc(=O)n3-c2c(C)ccnc2C(C)C)c1F. The zero-order valence-electron chi connectivity index (χ0n) is 24.4. The minimum Gasteiger partial charge on any atom is -0.465 e. The summed E-state index contributed by atoms with van der Waals surface area (Å²) in [6.45, 7) is 11.6. The van der Waals surface area contributed by atoms with E-state index in [2.05, 4.69) is 16.0 Å². The average Bonchev–Trinajstić information content (AvgIpc) is 2.93. The minimum atomic E-state index is -1.02. The van der Waals surface area contributed by atoms with Crippen LogP contribution in [-0.4, -0.2) is 60.8 Å². The molecule has 1 fully saturated rings. The molecular formula is C31H32FN7O3. The van der Waals surface area contributed by atoms with E-state index >= 15 is 4.39 Å². The Hall–Kier alpha value is -4.85. The van der Waals surface area contributed by atoms with Crippen LogP contribution in [0.1, 0.15) is 56.0 Å². The van der Waals surface area contributed by atoms with Crippen molar-refractivity contribution < 1.29 is 14.3 Å². The van der Waals surface area contributed by atoms with Crippen LogP contribution in [0.4, 0.5) is 15.0 Å².